The Kier molecular flexibility index (Phi) is 7.67. The molecule has 0 aromatic heterocycles. The largest absolute Gasteiger partial charge is 0.343 e. The standard InChI is InChI=1S/C18H29N3O5S/c1-4-19-9-11-20(12-10-19)14(22)7-8-18(2,3)27-13-17(25)26-21-15(23)5-6-16(21)24/h4-13H2,1-3H3. The highest BCUT2D eigenvalue weighted by atomic mass is 32.2. The smallest absolute Gasteiger partial charge is 0.340 e. The fraction of sp³-hybridized carbons (Fsp3) is 0.778. The predicted molar refractivity (Wildman–Crippen MR) is 102 cm³/mol. The van der Waals surface area contributed by atoms with Crippen LogP contribution >= 0.6 is 11.8 Å². The average Bonchev–Trinajstić information content (AvgIpc) is 2.96. The maximum absolute atomic E-state index is 12.4. The Morgan fingerprint density at radius 3 is 2.22 bits per heavy atom. The van der Waals surface area contributed by atoms with Crippen molar-refractivity contribution < 1.29 is 24.0 Å². The summed E-state index contributed by atoms with van der Waals surface area (Å²) in [7, 11) is 0. The fourth-order valence-corrected chi connectivity index (χ4v) is 3.80. The van der Waals surface area contributed by atoms with Crippen molar-refractivity contribution >= 4 is 35.5 Å². The normalized spacial score (nSPS) is 18.9. The summed E-state index contributed by atoms with van der Waals surface area (Å²) in [4.78, 5) is 56.3. The minimum Gasteiger partial charge on any atom is -0.340 e. The molecule has 0 aromatic carbocycles. The number of nitrogens with zero attached hydrogens (tertiary/aromatic N) is 3. The fourth-order valence-electron chi connectivity index (χ4n) is 2.99. The van der Waals surface area contributed by atoms with Gasteiger partial charge in [0.05, 0.1) is 5.75 Å². The predicted octanol–water partition coefficient (Wildman–Crippen LogP) is 1.05. The Bertz CT molecular complexity index is 572. The second kappa shape index (κ2) is 9.54. The van der Waals surface area contributed by atoms with Crippen molar-refractivity contribution in [1.29, 1.82) is 0 Å². The van der Waals surface area contributed by atoms with E-state index in [0.29, 0.717) is 17.9 Å². The molecule has 2 heterocycles. The summed E-state index contributed by atoms with van der Waals surface area (Å²) in [5.41, 5.74) is 0. The van der Waals surface area contributed by atoms with Gasteiger partial charge in [0, 0.05) is 50.2 Å². The molecule has 9 heteroatoms. The Morgan fingerprint density at radius 2 is 1.67 bits per heavy atom. The lowest BCUT2D eigenvalue weighted by Crippen LogP contribution is -2.48. The zero-order chi connectivity index (χ0) is 20.0. The summed E-state index contributed by atoms with van der Waals surface area (Å²) in [5, 5.41) is 0.565. The SMILES string of the molecule is CCN1CCN(C(=O)CCC(C)(C)SCC(=O)ON2C(=O)CCC2=O)CC1. The quantitative estimate of drug-likeness (QED) is 0.564. The third-order valence-corrected chi connectivity index (χ3v) is 6.26. The van der Waals surface area contributed by atoms with E-state index in [4.69, 9.17) is 4.84 Å². The van der Waals surface area contributed by atoms with Crippen LogP contribution in [0.4, 0.5) is 0 Å². The second-order valence-electron chi connectivity index (χ2n) is 7.41. The van der Waals surface area contributed by atoms with E-state index in [1.54, 1.807) is 0 Å². The number of amides is 3. The summed E-state index contributed by atoms with van der Waals surface area (Å²) in [6, 6.07) is 0. The summed E-state index contributed by atoms with van der Waals surface area (Å²) < 4.78 is -0.293. The molecule has 0 atom stereocenters. The zero-order valence-corrected chi connectivity index (χ0v) is 17.2. The van der Waals surface area contributed by atoms with E-state index >= 15 is 0 Å². The van der Waals surface area contributed by atoms with Gasteiger partial charge in [-0.15, -0.1) is 16.8 Å². The number of imide groups is 1. The van der Waals surface area contributed by atoms with Crippen molar-refractivity contribution in [3.05, 3.63) is 0 Å². The molecule has 8 nitrogen and oxygen atoms in total. The van der Waals surface area contributed by atoms with Gasteiger partial charge in [0.1, 0.15) is 0 Å². The van der Waals surface area contributed by atoms with E-state index in [-0.39, 0.29) is 29.2 Å². The van der Waals surface area contributed by atoms with Crippen molar-refractivity contribution in [1.82, 2.24) is 14.9 Å². The highest BCUT2D eigenvalue weighted by molar-refractivity contribution is 8.01. The molecule has 2 fully saturated rings. The van der Waals surface area contributed by atoms with Gasteiger partial charge in [-0.25, -0.2) is 4.79 Å². The molecular weight excluding hydrogens is 370 g/mol. The minimum absolute atomic E-state index is 0.0213. The van der Waals surface area contributed by atoms with E-state index in [0.717, 1.165) is 32.7 Å². The van der Waals surface area contributed by atoms with E-state index < -0.39 is 17.8 Å². The summed E-state index contributed by atoms with van der Waals surface area (Å²) >= 11 is 1.36. The van der Waals surface area contributed by atoms with E-state index in [2.05, 4.69) is 11.8 Å². The van der Waals surface area contributed by atoms with Crippen molar-refractivity contribution in [2.24, 2.45) is 0 Å². The van der Waals surface area contributed by atoms with Crippen LogP contribution in [0.5, 0.6) is 0 Å². The number of carbonyl (C=O) groups excluding carboxylic acids is 4. The monoisotopic (exact) mass is 399 g/mol. The topological polar surface area (TPSA) is 87.2 Å². The molecule has 0 radical (unpaired) electrons. The molecule has 0 aliphatic carbocycles. The molecule has 0 unspecified atom stereocenters. The van der Waals surface area contributed by atoms with E-state index in [1.807, 2.05) is 18.7 Å². The van der Waals surface area contributed by atoms with Crippen LogP contribution in [0.25, 0.3) is 0 Å². The molecule has 2 aliphatic rings. The van der Waals surface area contributed by atoms with E-state index in [9.17, 15) is 19.2 Å². The number of carbonyl (C=O) groups is 4. The maximum Gasteiger partial charge on any atom is 0.343 e. The molecule has 27 heavy (non-hydrogen) atoms. The molecule has 3 amide bonds. The molecule has 0 N–H and O–H groups in total. The third-order valence-electron chi connectivity index (χ3n) is 4.89. The molecule has 2 saturated heterocycles. The van der Waals surface area contributed by atoms with Gasteiger partial charge in [0.2, 0.25) is 5.91 Å². The van der Waals surface area contributed by atoms with Gasteiger partial charge in [-0.05, 0) is 13.0 Å². The number of rotatable bonds is 8. The van der Waals surface area contributed by atoms with Gasteiger partial charge in [-0.3, -0.25) is 14.4 Å². The summed E-state index contributed by atoms with van der Waals surface area (Å²) in [6.07, 6.45) is 1.24. The van der Waals surface area contributed by atoms with Gasteiger partial charge in [0.15, 0.2) is 0 Å². The van der Waals surface area contributed by atoms with Gasteiger partial charge >= 0.3 is 5.97 Å². The molecule has 152 valence electrons. The van der Waals surface area contributed by atoms with Crippen LogP contribution in [0.3, 0.4) is 0 Å². The summed E-state index contributed by atoms with van der Waals surface area (Å²) in [5.74, 6) is -1.42. The van der Waals surface area contributed by atoms with Crippen LogP contribution in [0.15, 0.2) is 0 Å². The van der Waals surface area contributed by atoms with Crippen LogP contribution in [-0.4, -0.2) is 81.8 Å². The van der Waals surface area contributed by atoms with Crippen molar-refractivity contribution in [3.63, 3.8) is 0 Å². The van der Waals surface area contributed by atoms with Gasteiger partial charge in [-0.1, -0.05) is 20.8 Å². The van der Waals surface area contributed by atoms with Gasteiger partial charge < -0.3 is 14.6 Å². The first kappa shape index (κ1) is 21.7. The molecule has 0 spiro atoms. The second-order valence-corrected chi connectivity index (χ2v) is 9.09. The zero-order valence-electron chi connectivity index (χ0n) is 16.4. The molecule has 0 bridgehead atoms. The first-order valence-corrected chi connectivity index (χ1v) is 10.4. The molecule has 0 saturated carbocycles. The molecule has 0 aromatic rings. The molecule has 2 aliphatic heterocycles. The van der Waals surface area contributed by atoms with Crippen LogP contribution in [0.2, 0.25) is 0 Å². The Labute approximate surface area is 164 Å². The first-order valence-electron chi connectivity index (χ1n) is 9.42. The first-order chi connectivity index (χ1) is 12.7. The maximum atomic E-state index is 12.4. The third kappa shape index (κ3) is 6.49. The average molecular weight is 400 g/mol. The van der Waals surface area contributed by atoms with Crippen molar-refractivity contribution in [2.75, 3.05) is 38.5 Å². The lowest BCUT2D eigenvalue weighted by atomic mass is 10.1. The Morgan fingerprint density at radius 1 is 1.07 bits per heavy atom. The Balaban J connectivity index is 1.69. The lowest BCUT2D eigenvalue weighted by Gasteiger charge is -2.34. The van der Waals surface area contributed by atoms with E-state index in [1.165, 1.54) is 11.8 Å². The number of likely N-dealkylation sites (N-methyl/N-ethyl adjacent to an activating group) is 1. The Hall–Kier alpha value is -1.61. The molecule has 2 rings (SSSR count). The lowest BCUT2D eigenvalue weighted by molar-refractivity contribution is -0.195. The number of piperazine rings is 1. The van der Waals surface area contributed by atoms with Crippen molar-refractivity contribution in [2.45, 2.75) is 51.2 Å². The summed E-state index contributed by atoms with van der Waals surface area (Å²) in [6.45, 7) is 10.4. The number of hydrogen-bond donors (Lipinski definition) is 0. The van der Waals surface area contributed by atoms with Crippen LogP contribution in [-0.2, 0) is 24.0 Å². The van der Waals surface area contributed by atoms with Crippen molar-refractivity contribution in [3.8, 4) is 0 Å². The number of thioether (sulfide) groups is 1. The highest BCUT2D eigenvalue weighted by Crippen LogP contribution is 2.30. The molecular formula is C18H29N3O5S. The minimum atomic E-state index is -0.626. The van der Waals surface area contributed by atoms with Crippen LogP contribution in [0, 0.1) is 0 Å². The highest BCUT2D eigenvalue weighted by Gasteiger charge is 2.33. The number of hydroxylamine groups is 2. The van der Waals surface area contributed by atoms with Gasteiger partial charge in [0.25, 0.3) is 11.8 Å². The van der Waals surface area contributed by atoms with Crippen LogP contribution < -0.4 is 0 Å². The van der Waals surface area contributed by atoms with Gasteiger partial charge in [-0.2, -0.15) is 0 Å². The number of hydrogen-bond acceptors (Lipinski definition) is 7. The van der Waals surface area contributed by atoms with Crippen LogP contribution in [0.1, 0.15) is 46.5 Å².